The minimum absolute atomic E-state index is 0.0210. The van der Waals surface area contributed by atoms with Crippen LogP contribution in [0, 0.1) is 5.82 Å². The summed E-state index contributed by atoms with van der Waals surface area (Å²) < 4.78 is 66.0. The molecule has 2 aromatic rings. The number of alkyl carbamates (subject to hydrolysis) is 1. The van der Waals surface area contributed by atoms with Crippen molar-refractivity contribution in [2.45, 2.75) is 42.6 Å². The third-order valence-corrected chi connectivity index (χ3v) is 5.63. The van der Waals surface area contributed by atoms with E-state index in [1.54, 1.807) is 12.4 Å². The number of benzene rings is 1. The molecule has 0 saturated heterocycles. The molecule has 0 spiro atoms. The molecule has 4 N–H and O–H groups in total. The molecule has 1 aromatic carbocycles. The van der Waals surface area contributed by atoms with Crippen molar-refractivity contribution in [2.24, 2.45) is 5.14 Å². The van der Waals surface area contributed by atoms with Gasteiger partial charge < -0.3 is 15.4 Å². The number of nitrogens with one attached hydrogen (secondary N) is 2. The number of sulfonamides is 1. The standard InChI is InChI=1S/C18H20F3N5O4S/c19-14-6-13(31(22,28)29)3-4-15(14)26-17-23-7-11(8-24-17)10-1-2-12(5-10)30-18(27)25-9-16(20)21/h3-4,6-8,10,12,16H,1-2,5,9H2,(H,25,27)(H2,22,28,29)(H,23,24,26)/t10-,12+/m1/s1. The van der Waals surface area contributed by atoms with Gasteiger partial charge in [-0.05, 0) is 48.9 Å². The molecule has 1 amide bonds. The summed E-state index contributed by atoms with van der Waals surface area (Å²) in [6.45, 7) is -0.761. The van der Waals surface area contributed by atoms with Gasteiger partial charge in [0.05, 0.1) is 17.1 Å². The fourth-order valence-electron chi connectivity index (χ4n) is 3.21. The Hall–Kier alpha value is -2.93. The van der Waals surface area contributed by atoms with Crippen LogP contribution in [-0.4, -0.2) is 43.6 Å². The number of aromatic nitrogens is 2. The van der Waals surface area contributed by atoms with Gasteiger partial charge in [-0.2, -0.15) is 0 Å². The van der Waals surface area contributed by atoms with E-state index in [4.69, 9.17) is 9.88 Å². The number of ether oxygens (including phenoxy) is 1. The van der Waals surface area contributed by atoms with Gasteiger partial charge in [-0.3, -0.25) is 0 Å². The number of nitrogens with two attached hydrogens (primary N) is 1. The Morgan fingerprint density at radius 1 is 1.26 bits per heavy atom. The average molecular weight is 459 g/mol. The van der Waals surface area contributed by atoms with Crippen molar-refractivity contribution in [2.75, 3.05) is 11.9 Å². The molecule has 0 unspecified atom stereocenters. The molecule has 0 aliphatic heterocycles. The van der Waals surface area contributed by atoms with Gasteiger partial charge in [0, 0.05) is 12.4 Å². The van der Waals surface area contributed by atoms with Crippen molar-refractivity contribution in [1.29, 1.82) is 0 Å². The lowest BCUT2D eigenvalue weighted by Gasteiger charge is -2.14. The van der Waals surface area contributed by atoms with E-state index in [1.165, 1.54) is 6.07 Å². The first-order valence-corrected chi connectivity index (χ1v) is 10.8. The van der Waals surface area contributed by atoms with E-state index in [2.05, 4.69) is 15.3 Å². The second-order valence-electron chi connectivity index (χ2n) is 6.96. The fraction of sp³-hybridized carbons (Fsp3) is 0.389. The van der Waals surface area contributed by atoms with E-state index in [1.807, 2.05) is 5.32 Å². The molecule has 0 bridgehead atoms. The van der Waals surface area contributed by atoms with Crippen LogP contribution in [0.1, 0.15) is 30.7 Å². The third-order valence-electron chi connectivity index (χ3n) is 4.72. The minimum atomic E-state index is -4.02. The lowest BCUT2D eigenvalue weighted by atomic mass is 10.0. The Kier molecular flexibility index (Phi) is 6.95. The number of carbonyl (C=O) groups is 1. The SMILES string of the molecule is NS(=O)(=O)c1ccc(Nc2ncc([C@@H]3CC[C@H](OC(=O)NCC(F)F)C3)cn2)c(F)c1. The van der Waals surface area contributed by atoms with E-state index in [0.717, 1.165) is 17.7 Å². The first-order valence-electron chi connectivity index (χ1n) is 9.25. The van der Waals surface area contributed by atoms with Gasteiger partial charge in [-0.25, -0.2) is 41.5 Å². The molecule has 0 radical (unpaired) electrons. The van der Waals surface area contributed by atoms with Gasteiger partial charge >= 0.3 is 6.09 Å². The fourth-order valence-corrected chi connectivity index (χ4v) is 3.74. The second kappa shape index (κ2) is 9.47. The lowest BCUT2D eigenvalue weighted by Crippen LogP contribution is -2.31. The molecule has 13 heteroatoms. The van der Waals surface area contributed by atoms with Gasteiger partial charge in [0.25, 0.3) is 6.43 Å². The maximum absolute atomic E-state index is 14.1. The number of anilines is 2. The van der Waals surface area contributed by atoms with Gasteiger partial charge in [-0.1, -0.05) is 0 Å². The smallest absolute Gasteiger partial charge is 0.407 e. The number of amides is 1. The Morgan fingerprint density at radius 2 is 1.97 bits per heavy atom. The quantitative estimate of drug-likeness (QED) is 0.579. The number of primary sulfonamides is 1. The molecule has 1 saturated carbocycles. The number of hydrogen-bond acceptors (Lipinski definition) is 7. The molecule has 168 valence electrons. The predicted molar refractivity (Wildman–Crippen MR) is 104 cm³/mol. The summed E-state index contributed by atoms with van der Waals surface area (Å²) in [7, 11) is -4.02. The van der Waals surface area contributed by atoms with E-state index >= 15 is 0 Å². The molecule has 3 rings (SSSR count). The highest BCUT2D eigenvalue weighted by Crippen LogP contribution is 2.35. The molecule has 1 aliphatic rings. The summed E-state index contributed by atoms with van der Waals surface area (Å²) in [4.78, 5) is 19.4. The summed E-state index contributed by atoms with van der Waals surface area (Å²) in [5.41, 5.74) is 0.763. The van der Waals surface area contributed by atoms with Gasteiger partial charge in [0.15, 0.2) is 0 Å². The number of alkyl halides is 2. The van der Waals surface area contributed by atoms with Crippen molar-refractivity contribution < 1.29 is 31.1 Å². The first-order chi connectivity index (χ1) is 14.6. The lowest BCUT2D eigenvalue weighted by molar-refractivity contribution is 0.0889. The molecule has 1 heterocycles. The molecule has 1 fully saturated rings. The van der Waals surface area contributed by atoms with Gasteiger partial charge in [-0.15, -0.1) is 0 Å². The van der Waals surface area contributed by atoms with Crippen LogP contribution >= 0.6 is 0 Å². The molecular formula is C18H20F3N5O4S. The summed E-state index contributed by atoms with van der Waals surface area (Å²) in [6, 6.07) is 3.16. The molecule has 1 aromatic heterocycles. The number of rotatable bonds is 7. The minimum Gasteiger partial charge on any atom is -0.446 e. The maximum atomic E-state index is 14.1. The average Bonchev–Trinajstić information content (AvgIpc) is 3.16. The van der Waals surface area contributed by atoms with Crippen LogP contribution in [0.4, 0.5) is 29.6 Å². The molecule has 9 nitrogen and oxygen atoms in total. The third kappa shape index (κ3) is 6.28. The summed E-state index contributed by atoms with van der Waals surface area (Å²) in [5.74, 6) is -0.712. The number of nitrogens with zero attached hydrogens (tertiary/aromatic N) is 2. The maximum Gasteiger partial charge on any atom is 0.407 e. The molecular weight excluding hydrogens is 439 g/mol. The van der Waals surface area contributed by atoms with Crippen LogP contribution in [-0.2, 0) is 14.8 Å². The molecule has 1 aliphatic carbocycles. The Morgan fingerprint density at radius 3 is 2.58 bits per heavy atom. The van der Waals surface area contributed by atoms with Crippen LogP contribution < -0.4 is 15.8 Å². The van der Waals surface area contributed by atoms with Crippen molar-refractivity contribution >= 4 is 27.8 Å². The van der Waals surface area contributed by atoms with E-state index in [-0.39, 0.29) is 22.4 Å². The molecule has 31 heavy (non-hydrogen) atoms. The zero-order valence-electron chi connectivity index (χ0n) is 16.1. The number of carbonyl (C=O) groups excluding carboxylic acids is 1. The second-order valence-corrected chi connectivity index (χ2v) is 8.52. The van der Waals surface area contributed by atoms with Gasteiger partial charge in [0.2, 0.25) is 16.0 Å². The van der Waals surface area contributed by atoms with E-state index in [9.17, 15) is 26.4 Å². The van der Waals surface area contributed by atoms with Crippen molar-refractivity contribution in [3.63, 3.8) is 0 Å². The summed E-state index contributed by atoms with van der Waals surface area (Å²) >= 11 is 0. The normalized spacial score (nSPS) is 18.7. The van der Waals surface area contributed by atoms with Crippen molar-refractivity contribution in [3.8, 4) is 0 Å². The van der Waals surface area contributed by atoms with Gasteiger partial charge in [0.1, 0.15) is 11.9 Å². The Balaban J connectivity index is 1.57. The molecule has 2 atom stereocenters. The summed E-state index contributed by atoms with van der Waals surface area (Å²) in [6.07, 6.45) is 0.964. The highest BCUT2D eigenvalue weighted by atomic mass is 32.2. The van der Waals surface area contributed by atoms with E-state index in [0.29, 0.717) is 19.3 Å². The first kappa shape index (κ1) is 22.7. The number of halogens is 3. The van der Waals surface area contributed by atoms with Crippen LogP contribution in [0.3, 0.4) is 0 Å². The highest BCUT2D eigenvalue weighted by molar-refractivity contribution is 7.89. The van der Waals surface area contributed by atoms with Crippen molar-refractivity contribution in [1.82, 2.24) is 15.3 Å². The van der Waals surface area contributed by atoms with Crippen LogP contribution in [0.15, 0.2) is 35.5 Å². The zero-order valence-corrected chi connectivity index (χ0v) is 16.9. The van der Waals surface area contributed by atoms with Crippen LogP contribution in [0.25, 0.3) is 0 Å². The monoisotopic (exact) mass is 459 g/mol. The Bertz CT molecular complexity index is 1040. The number of hydrogen-bond donors (Lipinski definition) is 3. The highest BCUT2D eigenvalue weighted by Gasteiger charge is 2.29. The van der Waals surface area contributed by atoms with Crippen LogP contribution in [0.5, 0.6) is 0 Å². The Labute approximate surface area is 176 Å². The largest absolute Gasteiger partial charge is 0.446 e. The topological polar surface area (TPSA) is 136 Å². The zero-order chi connectivity index (χ0) is 22.6. The summed E-state index contributed by atoms with van der Waals surface area (Å²) in [5, 5.41) is 9.62. The van der Waals surface area contributed by atoms with Crippen LogP contribution in [0.2, 0.25) is 0 Å². The van der Waals surface area contributed by atoms with E-state index < -0.39 is 41.0 Å². The predicted octanol–water partition coefficient (Wildman–Crippen LogP) is 2.63. The van der Waals surface area contributed by atoms with Crippen molar-refractivity contribution in [3.05, 3.63) is 42.0 Å².